The molecule has 4 aromatic rings. The highest BCUT2D eigenvalue weighted by atomic mass is 32.1. The van der Waals surface area contributed by atoms with Crippen molar-refractivity contribution in [2.45, 2.75) is 18.8 Å². The quantitative estimate of drug-likeness (QED) is 0.388. The van der Waals surface area contributed by atoms with Crippen LogP contribution in [0.15, 0.2) is 58.3 Å². The first-order chi connectivity index (χ1) is 16.4. The van der Waals surface area contributed by atoms with Crippen LogP contribution in [-0.4, -0.2) is 41.8 Å². The molecule has 0 atom stereocenters. The van der Waals surface area contributed by atoms with Gasteiger partial charge in [0.05, 0.1) is 10.7 Å². The van der Waals surface area contributed by atoms with Crippen molar-refractivity contribution in [1.82, 2.24) is 9.88 Å². The number of thiazole rings is 1. The minimum atomic E-state index is -0.812. The Kier molecular flexibility index (Phi) is 5.87. The van der Waals surface area contributed by atoms with E-state index in [0.717, 1.165) is 40.3 Å². The molecule has 2 aromatic heterocycles. The normalized spacial score (nSPS) is 14.5. The van der Waals surface area contributed by atoms with Crippen LogP contribution in [0.5, 0.6) is 0 Å². The molecule has 0 aliphatic carbocycles. The fourth-order valence-electron chi connectivity index (χ4n) is 4.18. The summed E-state index contributed by atoms with van der Waals surface area (Å²) in [5.41, 5.74) is 0.886. The number of para-hydroxylation sites is 1. The highest BCUT2D eigenvalue weighted by Gasteiger charge is 2.29. The van der Waals surface area contributed by atoms with Crippen LogP contribution in [0.4, 0.5) is 14.5 Å². The SMILES string of the molecule is CN(C(=O)c1csc(C2CCN(C(=O)c3cc4ccccc4o3)CC2)n1)c1ccc(F)cc1F. The molecule has 1 saturated heterocycles. The molecule has 174 valence electrons. The van der Waals surface area contributed by atoms with Crippen molar-refractivity contribution >= 4 is 39.8 Å². The van der Waals surface area contributed by atoms with Gasteiger partial charge in [-0.15, -0.1) is 11.3 Å². The molecule has 2 aromatic carbocycles. The lowest BCUT2D eigenvalue weighted by Gasteiger charge is -2.30. The third-order valence-corrected chi connectivity index (χ3v) is 7.09. The summed E-state index contributed by atoms with van der Waals surface area (Å²) in [5.74, 6) is -1.66. The first-order valence-electron chi connectivity index (χ1n) is 10.9. The zero-order chi connectivity index (χ0) is 23.8. The standard InChI is InChI=1S/C25H21F2N3O3S/c1-29(20-7-6-17(26)13-18(20)27)24(31)19-14-34-23(28-19)15-8-10-30(11-9-15)25(32)22-12-16-4-2-3-5-21(16)33-22/h2-7,12-15H,8-11H2,1H3. The average Bonchev–Trinajstić information content (AvgIpc) is 3.50. The molecule has 0 N–H and O–H groups in total. The van der Waals surface area contributed by atoms with Gasteiger partial charge in [0, 0.05) is 42.9 Å². The topological polar surface area (TPSA) is 66.7 Å². The summed E-state index contributed by atoms with van der Waals surface area (Å²) in [6.45, 7) is 1.12. The number of carbonyl (C=O) groups is 2. The highest BCUT2D eigenvalue weighted by Crippen LogP contribution is 2.32. The Labute approximate surface area is 198 Å². The molecule has 2 amide bonds. The lowest BCUT2D eigenvalue weighted by atomic mass is 9.97. The fraction of sp³-hybridized carbons (Fsp3) is 0.240. The average molecular weight is 482 g/mol. The van der Waals surface area contributed by atoms with E-state index in [-0.39, 0.29) is 23.2 Å². The molecular weight excluding hydrogens is 460 g/mol. The first-order valence-corrected chi connectivity index (χ1v) is 11.7. The number of anilines is 1. The number of fused-ring (bicyclic) bond motifs is 1. The number of aromatic nitrogens is 1. The van der Waals surface area contributed by atoms with Gasteiger partial charge in [-0.3, -0.25) is 9.59 Å². The second-order valence-electron chi connectivity index (χ2n) is 8.25. The Morgan fingerprint density at radius 3 is 2.62 bits per heavy atom. The number of benzene rings is 2. The number of nitrogens with zero attached hydrogens (tertiary/aromatic N) is 3. The summed E-state index contributed by atoms with van der Waals surface area (Å²) >= 11 is 1.38. The van der Waals surface area contributed by atoms with E-state index in [0.29, 0.717) is 24.4 Å². The van der Waals surface area contributed by atoms with Crippen LogP contribution < -0.4 is 4.90 Å². The van der Waals surface area contributed by atoms with Gasteiger partial charge in [-0.2, -0.15) is 0 Å². The van der Waals surface area contributed by atoms with E-state index in [4.69, 9.17) is 4.42 Å². The second-order valence-corrected chi connectivity index (χ2v) is 9.14. The van der Waals surface area contributed by atoms with Crippen LogP contribution in [0.3, 0.4) is 0 Å². The summed E-state index contributed by atoms with van der Waals surface area (Å²) in [7, 11) is 1.43. The maximum absolute atomic E-state index is 14.1. The smallest absolute Gasteiger partial charge is 0.289 e. The Bertz CT molecular complexity index is 1340. The predicted octanol–water partition coefficient (Wildman–Crippen LogP) is 5.46. The van der Waals surface area contributed by atoms with E-state index in [9.17, 15) is 18.4 Å². The molecule has 5 rings (SSSR count). The number of piperidine rings is 1. The van der Waals surface area contributed by atoms with Gasteiger partial charge in [-0.25, -0.2) is 13.8 Å². The molecule has 9 heteroatoms. The van der Waals surface area contributed by atoms with Gasteiger partial charge in [0.25, 0.3) is 11.8 Å². The van der Waals surface area contributed by atoms with Gasteiger partial charge in [-0.1, -0.05) is 18.2 Å². The zero-order valence-electron chi connectivity index (χ0n) is 18.3. The summed E-state index contributed by atoms with van der Waals surface area (Å²) in [6.07, 6.45) is 1.44. The van der Waals surface area contributed by atoms with Crippen molar-refractivity contribution in [3.05, 3.63) is 82.0 Å². The molecule has 6 nitrogen and oxygen atoms in total. The van der Waals surface area contributed by atoms with Crippen molar-refractivity contribution in [1.29, 1.82) is 0 Å². The van der Waals surface area contributed by atoms with Crippen LogP contribution in [0.2, 0.25) is 0 Å². The van der Waals surface area contributed by atoms with E-state index < -0.39 is 17.5 Å². The number of furan rings is 1. The van der Waals surface area contributed by atoms with Gasteiger partial charge in [0.2, 0.25) is 0 Å². The molecule has 0 bridgehead atoms. The van der Waals surface area contributed by atoms with Crippen molar-refractivity contribution in [2.75, 3.05) is 25.0 Å². The van der Waals surface area contributed by atoms with E-state index in [2.05, 4.69) is 4.98 Å². The summed E-state index contributed by atoms with van der Waals surface area (Å²) < 4.78 is 33.0. The third-order valence-electron chi connectivity index (χ3n) is 6.08. The van der Waals surface area contributed by atoms with Gasteiger partial charge >= 0.3 is 0 Å². The Balaban J connectivity index is 1.23. The minimum absolute atomic E-state index is 0.0154. The molecule has 0 radical (unpaired) electrons. The molecule has 0 saturated carbocycles. The maximum atomic E-state index is 14.1. The number of likely N-dealkylation sites (tertiary alicyclic amines) is 1. The highest BCUT2D eigenvalue weighted by molar-refractivity contribution is 7.10. The summed E-state index contributed by atoms with van der Waals surface area (Å²) in [5, 5.41) is 3.36. The van der Waals surface area contributed by atoms with Gasteiger partial charge in [0.15, 0.2) is 5.76 Å². The first kappa shape index (κ1) is 22.2. The fourth-order valence-corrected chi connectivity index (χ4v) is 5.15. The van der Waals surface area contributed by atoms with Crippen LogP contribution in [0, 0.1) is 11.6 Å². The Hall–Kier alpha value is -3.59. The molecule has 34 heavy (non-hydrogen) atoms. The van der Waals surface area contributed by atoms with Gasteiger partial charge in [-0.05, 0) is 37.1 Å². The lowest BCUT2D eigenvalue weighted by Crippen LogP contribution is -2.37. The van der Waals surface area contributed by atoms with Crippen molar-refractivity contribution in [3.8, 4) is 0 Å². The Morgan fingerprint density at radius 1 is 1.12 bits per heavy atom. The van der Waals surface area contributed by atoms with Crippen molar-refractivity contribution < 1.29 is 22.8 Å². The van der Waals surface area contributed by atoms with Crippen molar-refractivity contribution in [2.24, 2.45) is 0 Å². The minimum Gasteiger partial charge on any atom is -0.451 e. The number of halogens is 2. The molecule has 1 aliphatic rings. The molecule has 3 heterocycles. The van der Waals surface area contributed by atoms with Gasteiger partial charge in [0.1, 0.15) is 22.9 Å². The molecule has 0 unspecified atom stereocenters. The number of carbonyl (C=O) groups excluding carboxylic acids is 2. The third kappa shape index (κ3) is 4.19. The van der Waals surface area contributed by atoms with Crippen molar-refractivity contribution in [3.63, 3.8) is 0 Å². The largest absolute Gasteiger partial charge is 0.451 e. The molecule has 1 aliphatic heterocycles. The molecule has 0 spiro atoms. The summed E-state index contributed by atoms with van der Waals surface area (Å²) in [4.78, 5) is 33.1. The van der Waals surface area contributed by atoms with Gasteiger partial charge < -0.3 is 14.2 Å². The van der Waals surface area contributed by atoms with E-state index >= 15 is 0 Å². The predicted molar refractivity (Wildman–Crippen MR) is 125 cm³/mol. The second kappa shape index (κ2) is 8.98. The lowest BCUT2D eigenvalue weighted by molar-refractivity contribution is 0.0683. The summed E-state index contributed by atoms with van der Waals surface area (Å²) in [6, 6.07) is 12.4. The molecular formula is C25H21F2N3O3S. The number of rotatable bonds is 4. The van der Waals surface area contributed by atoms with E-state index in [1.54, 1.807) is 16.3 Å². The van der Waals surface area contributed by atoms with Crippen LogP contribution in [0.25, 0.3) is 11.0 Å². The van der Waals surface area contributed by atoms with Crippen LogP contribution >= 0.6 is 11.3 Å². The Morgan fingerprint density at radius 2 is 1.88 bits per heavy atom. The van der Waals surface area contributed by atoms with E-state index in [1.807, 2.05) is 24.3 Å². The monoisotopic (exact) mass is 481 g/mol. The van der Waals surface area contributed by atoms with E-state index in [1.165, 1.54) is 24.5 Å². The zero-order valence-corrected chi connectivity index (χ0v) is 19.1. The number of hydrogen-bond donors (Lipinski definition) is 0. The number of amides is 2. The molecule has 1 fully saturated rings. The van der Waals surface area contributed by atoms with Crippen LogP contribution in [-0.2, 0) is 0 Å². The maximum Gasteiger partial charge on any atom is 0.289 e. The van der Waals surface area contributed by atoms with Crippen LogP contribution in [0.1, 0.15) is 44.8 Å². The number of hydrogen-bond acceptors (Lipinski definition) is 5.